The fourth-order valence-electron chi connectivity index (χ4n) is 2.43. The van der Waals surface area contributed by atoms with Crippen LogP contribution in [0.5, 0.6) is 5.75 Å². The fraction of sp³-hybridized carbons (Fsp3) is 0.600. The second-order valence-electron chi connectivity index (χ2n) is 5.13. The predicted molar refractivity (Wildman–Crippen MR) is 76.4 cm³/mol. The van der Waals surface area contributed by atoms with Crippen LogP contribution in [0.3, 0.4) is 0 Å². The van der Waals surface area contributed by atoms with Crippen molar-refractivity contribution >= 4 is 11.6 Å². The molecule has 0 unspecified atom stereocenters. The Bertz CT molecular complexity index is 346. The summed E-state index contributed by atoms with van der Waals surface area (Å²) >= 11 is 5.84. The molecule has 0 aromatic heterocycles. The first-order valence-electron chi connectivity index (χ1n) is 6.89. The maximum atomic E-state index is 5.84. The quantitative estimate of drug-likeness (QED) is 0.870. The van der Waals surface area contributed by atoms with Crippen LogP contribution < -0.4 is 10.1 Å². The number of nitrogens with one attached hydrogen (secondary N) is 1. The summed E-state index contributed by atoms with van der Waals surface area (Å²) in [6.45, 7) is 3.01. The molecule has 18 heavy (non-hydrogen) atoms. The Morgan fingerprint density at radius 1 is 1.22 bits per heavy atom. The molecule has 0 aliphatic heterocycles. The van der Waals surface area contributed by atoms with Gasteiger partial charge in [-0.15, -0.1) is 0 Å². The van der Waals surface area contributed by atoms with Crippen LogP contribution in [0.15, 0.2) is 24.3 Å². The molecular weight excluding hydrogens is 246 g/mol. The van der Waals surface area contributed by atoms with Crippen LogP contribution in [-0.4, -0.2) is 18.7 Å². The van der Waals surface area contributed by atoms with Crippen LogP contribution in [0.25, 0.3) is 0 Å². The van der Waals surface area contributed by atoms with Gasteiger partial charge in [0.15, 0.2) is 0 Å². The lowest BCUT2D eigenvalue weighted by Crippen LogP contribution is -2.37. The van der Waals surface area contributed by atoms with Gasteiger partial charge in [-0.3, -0.25) is 0 Å². The van der Waals surface area contributed by atoms with Crippen LogP contribution in [0, 0.1) is 0 Å². The fourth-order valence-corrected chi connectivity index (χ4v) is 2.55. The largest absolute Gasteiger partial charge is 0.489 e. The van der Waals surface area contributed by atoms with Gasteiger partial charge in [-0.2, -0.15) is 0 Å². The van der Waals surface area contributed by atoms with E-state index in [0.29, 0.717) is 6.04 Å². The lowest BCUT2D eigenvalue weighted by atomic mass is 9.95. The number of benzene rings is 1. The van der Waals surface area contributed by atoms with Gasteiger partial charge in [-0.05, 0) is 44.0 Å². The molecule has 0 heterocycles. The second-order valence-corrected chi connectivity index (χ2v) is 5.56. The molecule has 1 aromatic carbocycles. The van der Waals surface area contributed by atoms with Crippen molar-refractivity contribution in [2.75, 3.05) is 6.54 Å². The van der Waals surface area contributed by atoms with Gasteiger partial charge in [0.05, 0.1) is 0 Å². The number of halogens is 1. The highest BCUT2D eigenvalue weighted by molar-refractivity contribution is 6.30. The lowest BCUT2D eigenvalue weighted by Gasteiger charge is -2.25. The highest BCUT2D eigenvalue weighted by atomic mass is 35.5. The molecule has 1 aliphatic carbocycles. The van der Waals surface area contributed by atoms with Crippen molar-refractivity contribution < 1.29 is 4.74 Å². The smallest absolute Gasteiger partial charge is 0.119 e. The van der Waals surface area contributed by atoms with Gasteiger partial charge in [-0.25, -0.2) is 0 Å². The lowest BCUT2D eigenvalue weighted by molar-refractivity contribution is 0.205. The minimum atomic E-state index is 0.188. The summed E-state index contributed by atoms with van der Waals surface area (Å²) in [5, 5.41) is 4.35. The molecule has 1 aromatic rings. The van der Waals surface area contributed by atoms with Gasteiger partial charge in [-0.1, -0.05) is 30.9 Å². The molecule has 100 valence electrons. The molecule has 0 radical (unpaired) electrons. The van der Waals surface area contributed by atoms with E-state index in [0.717, 1.165) is 17.3 Å². The number of ether oxygens (including phenoxy) is 1. The summed E-state index contributed by atoms with van der Waals surface area (Å²) in [6, 6.07) is 8.24. The number of hydrogen-bond acceptors (Lipinski definition) is 2. The van der Waals surface area contributed by atoms with Crippen molar-refractivity contribution in [1.29, 1.82) is 0 Å². The van der Waals surface area contributed by atoms with Crippen LogP contribution in [0.2, 0.25) is 5.02 Å². The Labute approximate surface area is 115 Å². The van der Waals surface area contributed by atoms with E-state index in [1.807, 2.05) is 24.3 Å². The number of hydrogen-bond donors (Lipinski definition) is 1. The molecule has 1 saturated carbocycles. The standard InChI is InChI=1S/C15H22ClNO/c1-12(11-17-14-5-3-2-4-6-14)18-15-9-7-13(16)8-10-15/h7-10,12,14,17H,2-6,11H2,1H3/t12-/m1/s1. The topological polar surface area (TPSA) is 21.3 Å². The average Bonchev–Trinajstić information content (AvgIpc) is 2.40. The van der Waals surface area contributed by atoms with Gasteiger partial charge in [0.2, 0.25) is 0 Å². The van der Waals surface area contributed by atoms with Crippen molar-refractivity contribution in [3.8, 4) is 5.75 Å². The van der Waals surface area contributed by atoms with E-state index in [1.165, 1.54) is 32.1 Å². The van der Waals surface area contributed by atoms with Crippen LogP contribution in [-0.2, 0) is 0 Å². The van der Waals surface area contributed by atoms with Gasteiger partial charge in [0.1, 0.15) is 11.9 Å². The third-order valence-electron chi connectivity index (χ3n) is 3.45. The summed E-state index contributed by atoms with van der Waals surface area (Å²) in [5.41, 5.74) is 0. The van der Waals surface area contributed by atoms with Crippen LogP contribution in [0.1, 0.15) is 39.0 Å². The molecule has 2 nitrogen and oxygen atoms in total. The van der Waals surface area contributed by atoms with E-state index < -0.39 is 0 Å². The van der Waals surface area contributed by atoms with E-state index in [2.05, 4.69) is 12.2 Å². The Balaban J connectivity index is 1.71. The Morgan fingerprint density at radius 2 is 1.89 bits per heavy atom. The molecule has 0 bridgehead atoms. The molecule has 0 saturated heterocycles. The molecule has 0 amide bonds. The van der Waals surface area contributed by atoms with E-state index in [9.17, 15) is 0 Å². The normalized spacial score (nSPS) is 18.6. The first kappa shape index (κ1) is 13.7. The Kier molecular flexibility index (Phi) is 5.33. The molecular formula is C15H22ClNO. The summed E-state index contributed by atoms with van der Waals surface area (Å²) in [5.74, 6) is 0.886. The van der Waals surface area contributed by atoms with E-state index >= 15 is 0 Å². The highest BCUT2D eigenvalue weighted by Crippen LogP contribution is 2.18. The SMILES string of the molecule is C[C@H](CNC1CCCCC1)Oc1ccc(Cl)cc1. The van der Waals surface area contributed by atoms with Crippen LogP contribution in [0.4, 0.5) is 0 Å². The summed E-state index contributed by atoms with van der Waals surface area (Å²) in [7, 11) is 0. The Hall–Kier alpha value is -0.730. The first-order chi connectivity index (χ1) is 8.74. The van der Waals surface area contributed by atoms with Gasteiger partial charge >= 0.3 is 0 Å². The van der Waals surface area contributed by atoms with Crippen molar-refractivity contribution in [2.45, 2.75) is 51.2 Å². The molecule has 1 aliphatic rings. The molecule has 0 spiro atoms. The average molecular weight is 268 g/mol. The third kappa shape index (κ3) is 4.51. The van der Waals surface area contributed by atoms with Gasteiger partial charge in [0.25, 0.3) is 0 Å². The molecule has 1 fully saturated rings. The summed E-state index contributed by atoms with van der Waals surface area (Å²) in [4.78, 5) is 0. The zero-order chi connectivity index (χ0) is 12.8. The predicted octanol–water partition coefficient (Wildman–Crippen LogP) is 4.03. The zero-order valence-electron chi connectivity index (χ0n) is 11.0. The Morgan fingerprint density at radius 3 is 2.56 bits per heavy atom. The van der Waals surface area contributed by atoms with Crippen molar-refractivity contribution in [3.05, 3.63) is 29.3 Å². The maximum Gasteiger partial charge on any atom is 0.119 e. The first-order valence-corrected chi connectivity index (χ1v) is 7.27. The zero-order valence-corrected chi connectivity index (χ0v) is 11.7. The van der Waals surface area contributed by atoms with Crippen molar-refractivity contribution in [3.63, 3.8) is 0 Å². The number of rotatable bonds is 5. The summed E-state index contributed by atoms with van der Waals surface area (Å²) in [6.07, 6.45) is 6.94. The van der Waals surface area contributed by atoms with E-state index in [1.54, 1.807) is 0 Å². The summed E-state index contributed by atoms with van der Waals surface area (Å²) < 4.78 is 5.84. The monoisotopic (exact) mass is 267 g/mol. The molecule has 1 atom stereocenters. The minimum Gasteiger partial charge on any atom is -0.489 e. The second kappa shape index (κ2) is 7.01. The molecule has 3 heteroatoms. The van der Waals surface area contributed by atoms with Crippen molar-refractivity contribution in [2.24, 2.45) is 0 Å². The molecule has 2 rings (SSSR count). The molecule has 1 N–H and O–H groups in total. The minimum absolute atomic E-state index is 0.188. The van der Waals surface area contributed by atoms with E-state index in [4.69, 9.17) is 16.3 Å². The maximum absolute atomic E-state index is 5.84. The third-order valence-corrected chi connectivity index (χ3v) is 3.70. The van der Waals surface area contributed by atoms with Gasteiger partial charge < -0.3 is 10.1 Å². The highest BCUT2D eigenvalue weighted by Gasteiger charge is 2.14. The van der Waals surface area contributed by atoms with Crippen LogP contribution >= 0.6 is 11.6 Å². The van der Waals surface area contributed by atoms with E-state index in [-0.39, 0.29) is 6.10 Å². The van der Waals surface area contributed by atoms with Crippen molar-refractivity contribution in [1.82, 2.24) is 5.32 Å². The van der Waals surface area contributed by atoms with Gasteiger partial charge in [0, 0.05) is 17.6 Å².